The minimum Gasteiger partial charge on any atom is -0.409 e. The molecule has 0 bridgehead atoms. The zero-order chi connectivity index (χ0) is 14.0. The van der Waals surface area contributed by atoms with Crippen LogP contribution in [-0.4, -0.2) is 20.7 Å². The minimum atomic E-state index is -1.83. The average molecular weight is 264 g/mol. The molecule has 1 aromatic carbocycles. The van der Waals surface area contributed by atoms with Crippen LogP contribution in [0, 0.1) is 6.92 Å². The molecule has 0 aliphatic rings. The first-order valence-electron chi connectivity index (χ1n) is 6.37. The van der Waals surface area contributed by atoms with Gasteiger partial charge in [-0.25, -0.2) is 0 Å². The van der Waals surface area contributed by atoms with Crippen LogP contribution in [0.5, 0.6) is 0 Å². The Bertz CT molecular complexity index is 413. The molecule has 0 heterocycles. The summed E-state index contributed by atoms with van der Waals surface area (Å²) >= 11 is 0. The van der Waals surface area contributed by atoms with Crippen LogP contribution >= 0.6 is 0 Å². The van der Waals surface area contributed by atoms with Gasteiger partial charge in [0, 0.05) is 5.56 Å². The average Bonchev–Trinajstić information content (AvgIpc) is 2.25. The number of rotatable bonds is 4. The number of ketones is 1. The molecule has 100 valence electrons. The maximum atomic E-state index is 12.0. The fourth-order valence-corrected chi connectivity index (χ4v) is 2.21. The number of Topliss-reactive ketones (excluding diaryl/α,β-unsaturated/α-hetero) is 1. The predicted molar refractivity (Wildman–Crippen MR) is 78.7 cm³/mol. The van der Waals surface area contributed by atoms with Crippen LogP contribution in [0.25, 0.3) is 0 Å². The lowest BCUT2D eigenvalue weighted by Gasteiger charge is -2.35. The van der Waals surface area contributed by atoms with Gasteiger partial charge in [0.2, 0.25) is 0 Å². The second-order valence-corrected chi connectivity index (χ2v) is 11.1. The molecule has 0 fully saturated rings. The maximum Gasteiger partial charge on any atom is 0.192 e. The number of aryl methyl sites for hydroxylation is 1. The lowest BCUT2D eigenvalue weighted by molar-refractivity contribution is 0.0911. The summed E-state index contributed by atoms with van der Waals surface area (Å²) in [5, 5.41) is 0.139. The molecule has 0 radical (unpaired) electrons. The number of carbonyl (C=O) groups is 1. The van der Waals surface area contributed by atoms with Gasteiger partial charge in [0.1, 0.15) is 0 Å². The van der Waals surface area contributed by atoms with Crippen molar-refractivity contribution in [2.24, 2.45) is 0 Å². The summed E-state index contributed by atoms with van der Waals surface area (Å²) in [6.45, 7) is 13.1. The van der Waals surface area contributed by atoms with Gasteiger partial charge in [-0.3, -0.25) is 4.79 Å². The van der Waals surface area contributed by atoms with E-state index in [1.54, 1.807) is 0 Å². The van der Waals surface area contributed by atoms with E-state index >= 15 is 0 Å². The van der Waals surface area contributed by atoms with Crippen molar-refractivity contribution in [1.82, 2.24) is 0 Å². The summed E-state index contributed by atoms with van der Waals surface area (Å²) in [4.78, 5) is 12.0. The van der Waals surface area contributed by atoms with Gasteiger partial charge in [-0.05, 0) is 25.1 Å². The van der Waals surface area contributed by atoms with Crippen molar-refractivity contribution in [3.8, 4) is 0 Å². The molecule has 0 N–H and O–H groups in total. The first-order chi connectivity index (χ1) is 8.13. The Morgan fingerprint density at radius 3 is 2.11 bits per heavy atom. The van der Waals surface area contributed by atoms with E-state index in [0.29, 0.717) is 0 Å². The van der Waals surface area contributed by atoms with Crippen molar-refractivity contribution in [3.05, 3.63) is 35.4 Å². The van der Waals surface area contributed by atoms with E-state index in [4.69, 9.17) is 4.43 Å². The molecule has 1 aromatic rings. The van der Waals surface area contributed by atoms with E-state index in [0.717, 1.165) is 11.1 Å². The van der Waals surface area contributed by atoms with Crippen LogP contribution in [0.15, 0.2) is 24.3 Å². The molecule has 0 spiro atoms. The summed E-state index contributed by atoms with van der Waals surface area (Å²) in [6.07, 6.45) is 0. The molecule has 18 heavy (non-hydrogen) atoms. The van der Waals surface area contributed by atoms with Gasteiger partial charge in [0.05, 0.1) is 6.61 Å². The van der Waals surface area contributed by atoms with Gasteiger partial charge in [-0.2, -0.15) is 0 Å². The summed E-state index contributed by atoms with van der Waals surface area (Å²) in [6, 6.07) is 7.65. The summed E-state index contributed by atoms with van der Waals surface area (Å²) in [5.74, 6) is 0.0693. The van der Waals surface area contributed by atoms with E-state index in [1.165, 1.54) is 0 Å². The first kappa shape index (κ1) is 15.1. The quantitative estimate of drug-likeness (QED) is 0.602. The number of hydrogen-bond acceptors (Lipinski definition) is 2. The third kappa shape index (κ3) is 3.78. The molecule has 2 nitrogen and oxygen atoms in total. The molecular formula is C15H24O2Si. The van der Waals surface area contributed by atoms with Crippen LogP contribution in [0.1, 0.15) is 36.7 Å². The molecule has 0 aliphatic heterocycles. The Kier molecular flexibility index (Phi) is 4.51. The highest BCUT2D eigenvalue weighted by molar-refractivity contribution is 6.74. The van der Waals surface area contributed by atoms with Gasteiger partial charge < -0.3 is 4.43 Å². The van der Waals surface area contributed by atoms with Crippen LogP contribution < -0.4 is 0 Å². The highest BCUT2D eigenvalue weighted by Crippen LogP contribution is 2.36. The third-order valence-corrected chi connectivity index (χ3v) is 8.22. The molecular weight excluding hydrogens is 240 g/mol. The van der Waals surface area contributed by atoms with Gasteiger partial charge in [-0.1, -0.05) is 50.6 Å². The van der Waals surface area contributed by atoms with Crippen LogP contribution in [0.4, 0.5) is 0 Å². The normalized spacial score (nSPS) is 12.6. The summed E-state index contributed by atoms with van der Waals surface area (Å²) < 4.78 is 5.93. The zero-order valence-corrected chi connectivity index (χ0v) is 13.3. The van der Waals surface area contributed by atoms with E-state index in [-0.39, 0.29) is 17.4 Å². The lowest BCUT2D eigenvalue weighted by atomic mass is 10.1. The van der Waals surface area contributed by atoms with Crippen molar-refractivity contribution in [3.63, 3.8) is 0 Å². The van der Waals surface area contributed by atoms with Gasteiger partial charge in [0.25, 0.3) is 0 Å². The van der Waals surface area contributed by atoms with Crippen LogP contribution in [0.2, 0.25) is 18.1 Å². The van der Waals surface area contributed by atoms with Crippen molar-refractivity contribution < 1.29 is 9.22 Å². The fourth-order valence-electron chi connectivity index (χ4n) is 1.29. The molecule has 1 rings (SSSR count). The first-order valence-corrected chi connectivity index (χ1v) is 9.28. The van der Waals surface area contributed by atoms with Crippen molar-refractivity contribution >= 4 is 14.1 Å². The topological polar surface area (TPSA) is 26.3 Å². The summed E-state index contributed by atoms with van der Waals surface area (Å²) in [7, 11) is -1.83. The summed E-state index contributed by atoms with van der Waals surface area (Å²) in [5.41, 5.74) is 1.90. The van der Waals surface area contributed by atoms with E-state index in [1.807, 2.05) is 31.2 Å². The van der Waals surface area contributed by atoms with Crippen LogP contribution in [0.3, 0.4) is 0 Å². The number of hydrogen-bond donors (Lipinski definition) is 0. The highest BCUT2D eigenvalue weighted by atomic mass is 28.4. The third-order valence-electron chi connectivity index (χ3n) is 3.74. The Morgan fingerprint density at radius 2 is 1.67 bits per heavy atom. The molecule has 0 saturated heterocycles. The van der Waals surface area contributed by atoms with Gasteiger partial charge in [-0.15, -0.1) is 0 Å². The van der Waals surface area contributed by atoms with Crippen LogP contribution in [-0.2, 0) is 4.43 Å². The highest BCUT2D eigenvalue weighted by Gasteiger charge is 2.37. The predicted octanol–water partition coefficient (Wildman–Crippen LogP) is 4.20. The Labute approximate surface area is 111 Å². The Morgan fingerprint density at radius 1 is 1.17 bits per heavy atom. The maximum absolute atomic E-state index is 12.0. The largest absolute Gasteiger partial charge is 0.409 e. The standard InChI is InChI=1S/C15H24O2Si/c1-12-7-9-13(10-8-12)14(16)11-17-18(5,6)15(2,3)4/h7-10H,11H2,1-6H3. The molecule has 0 unspecified atom stereocenters. The van der Waals surface area contributed by atoms with Crippen molar-refractivity contribution in [2.75, 3.05) is 6.61 Å². The minimum absolute atomic E-state index is 0.0693. The van der Waals surface area contributed by atoms with E-state index in [9.17, 15) is 4.79 Å². The molecule has 0 amide bonds. The Hall–Kier alpha value is -0.933. The monoisotopic (exact) mass is 264 g/mol. The molecule has 3 heteroatoms. The lowest BCUT2D eigenvalue weighted by Crippen LogP contribution is -2.42. The molecule has 0 aliphatic carbocycles. The zero-order valence-electron chi connectivity index (χ0n) is 12.3. The second-order valence-electron chi connectivity index (χ2n) is 6.34. The van der Waals surface area contributed by atoms with Gasteiger partial charge in [0.15, 0.2) is 14.1 Å². The SMILES string of the molecule is Cc1ccc(C(=O)CO[Si](C)(C)C(C)(C)C)cc1. The van der Waals surface area contributed by atoms with Crippen molar-refractivity contribution in [1.29, 1.82) is 0 Å². The number of benzene rings is 1. The van der Waals surface area contributed by atoms with Gasteiger partial charge >= 0.3 is 0 Å². The Balaban J connectivity index is 2.65. The van der Waals surface area contributed by atoms with E-state index < -0.39 is 8.32 Å². The molecule has 0 aromatic heterocycles. The fraction of sp³-hybridized carbons (Fsp3) is 0.533. The number of carbonyl (C=O) groups excluding carboxylic acids is 1. The molecule has 0 atom stereocenters. The smallest absolute Gasteiger partial charge is 0.192 e. The van der Waals surface area contributed by atoms with E-state index in [2.05, 4.69) is 33.9 Å². The second kappa shape index (κ2) is 5.37. The molecule has 0 saturated carbocycles. The van der Waals surface area contributed by atoms with Crippen molar-refractivity contribution in [2.45, 2.75) is 45.8 Å².